The van der Waals surface area contributed by atoms with Gasteiger partial charge in [-0.1, -0.05) is 18.7 Å². The molecule has 2 aromatic heterocycles. The molecule has 2 heterocycles. The van der Waals surface area contributed by atoms with Crippen molar-refractivity contribution < 1.29 is 9.59 Å². The van der Waals surface area contributed by atoms with Gasteiger partial charge in [-0.15, -0.1) is 10.2 Å². The summed E-state index contributed by atoms with van der Waals surface area (Å²) in [6.45, 7) is 3.85. The molecule has 26 heavy (non-hydrogen) atoms. The van der Waals surface area contributed by atoms with Gasteiger partial charge in [-0.3, -0.25) is 19.7 Å². The zero-order valence-electron chi connectivity index (χ0n) is 14.8. The molecule has 0 aliphatic heterocycles. The number of nitrogens with zero attached hydrogens (tertiary/aromatic N) is 4. The van der Waals surface area contributed by atoms with Crippen LogP contribution in [0.5, 0.6) is 0 Å². The molecule has 8 nitrogen and oxygen atoms in total. The largest absolute Gasteiger partial charge is 0.335 e. The molecule has 0 radical (unpaired) electrons. The van der Waals surface area contributed by atoms with Gasteiger partial charge in [0.15, 0.2) is 11.0 Å². The van der Waals surface area contributed by atoms with E-state index in [4.69, 9.17) is 0 Å². The number of hydrogen-bond acceptors (Lipinski definition) is 6. The fraction of sp³-hybridized carbons (Fsp3) is 0.471. The van der Waals surface area contributed by atoms with E-state index in [0.717, 1.165) is 30.7 Å². The first-order valence-electron chi connectivity index (χ1n) is 8.67. The lowest BCUT2D eigenvalue weighted by Gasteiger charge is -2.12. The predicted molar refractivity (Wildman–Crippen MR) is 98.7 cm³/mol. The van der Waals surface area contributed by atoms with E-state index in [2.05, 4.69) is 30.4 Å². The van der Waals surface area contributed by atoms with Crippen molar-refractivity contribution in [2.75, 3.05) is 5.75 Å². The Morgan fingerprint density at radius 2 is 2.04 bits per heavy atom. The summed E-state index contributed by atoms with van der Waals surface area (Å²) < 4.78 is 2.08. The van der Waals surface area contributed by atoms with Gasteiger partial charge >= 0.3 is 6.03 Å². The zero-order valence-corrected chi connectivity index (χ0v) is 15.6. The molecule has 1 aliphatic rings. The average molecular weight is 374 g/mol. The Bertz CT molecular complexity index is 775. The number of carbonyl (C=O) groups excluding carboxylic acids is 2. The van der Waals surface area contributed by atoms with Gasteiger partial charge in [0.05, 0.1) is 5.75 Å². The third-order valence-electron chi connectivity index (χ3n) is 4.09. The van der Waals surface area contributed by atoms with Crippen LogP contribution in [0.4, 0.5) is 4.79 Å². The highest BCUT2D eigenvalue weighted by molar-refractivity contribution is 7.99. The summed E-state index contributed by atoms with van der Waals surface area (Å²) in [5.41, 5.74) is 0.948. The third kappa shape index (κ3) is 4.60. The summed E-state index contributed by atoms with van der Waals surface area (Å²) in [5, 5.41) is 14.3. The molecule has 3 amide bonds. The highest BCUT2D eigenvalue weighted by Gasteiger charge is 2.30. The van der Waals surface area contributed by atoms with Crippen LogP contribution in [0.15, 0.2) is 29.7 Å². The first kappa shape index (κ1) is 18.4. The molecular weight excluding hydrogens is 352 g/mol. The van der Waals surface area contributed by atoms with Crippen LogP contribution in [0.25, 0.3) is 11.4 Å². The Morgan fingerprint density at radius 1 is 1.31 bits per heavy atom. The van der Waals surface area contributed by atoms with Crippen LogP contribution < -0.4 is 10.6 Å². The summed E-state index contributed by atoms with van der Waals surface area (Å²) in [5.74, 6) is 0.536. The molecule has 0 unspecified atom stereocenters. The van der Waals surface area contributed by atoms with E-state index in [-0.39, 0.29) is 17.7 Å². The first-order chi connectivity index (χ1) is 12.6. The Hall–Kier alpha value is -2.42. The standard InChI is InChI=1S/C17H22N6O2S/c1-3-11(2)19-16(25)20-14(24)10-26-17-22-21-15(23(17)13-4-5-13)12-6-8-18-9-7-12/h6-9,11,13H,3-5,10H2,1-2H3,(H2,19,20,24,25)/t11-/m1/s1. The van der Waals surface area contributed by atoms with Crippen LogP contribution in [0.1, 0.15) is 39.2 Å². The molecule has 0 bridgehead atoms. The minimum Gasteiger partial charge on any atom is -0.335 e. The maximum atomic E-state index is 12.0. The van der Waals surface area contributed by atoms with Crippen LogP contribution in [0, 0.1) is 0 Å². The molecule has 9 heteroatoms. The van der Waals surface area contributed by atoms with Crippen molar-refractivity contribution >= 4 is 23.7 Å². The number of amides is 3. The molecule has 0 saturated heterocycles. The van der Waals surface area contributed by atoms with Gasteiger partial charge in [0, 0.05) is 30.0 Å². The quantitative estimate of drug-likeness (QED) is 0.722. The Morgan fingerprint density at radius 3 is 2.69 bits per heavy atom. The fourth-order valence-electron chi connectivity index (χ4n) is 2.39. The van der Waals surface area contributed by atoms with Gasteiger partial charge in [-0.25, -0.2) is 4.79 Å². The Balaban J connectivity index is 1.63. The highest BCUT2D eigenvalue weighted by Crippen LogP contribution is 2.40. The van der Waals surface area contributed by atoms with Crippen LogP contribution in [-0.2, 0) is 4.79 Å². The number of imide groups is 1. The van der Waals surface area contributed by atoms with E-state index in [0.29, 0.717) is 11.2 Å². The fourth-order valence-corrected chi connectivity index (χ4v) is 3.20. The van der Waals surface area contributed by atoms with Crippen molar-refractivity contribution in [2.45, 2.75) is 50.4 Å². The average Bonchev–Trinajstić information content (AvgIpc) is 3.39. The van der Waals surface area contributed by atoms with Gasteiger partial charge in [0.1, 0.15) is 0 Å². The Kier molecular flexibility index (Phi) is 5.87. The van der Waals surface area contributed by atoms with Gasteiger partial charge in [0.25, 0.3) is 0 Å². The van der Waals surface area contributed by atoms with Crippen molar-refractivity contribution in [1.82, 2.24) is 30.4 Å². The minimum atomic E-state index is -0.467. The molecule has 1 aliphatic carbocycles. The third-order valence-corrected chi connectivity index (χ3v) is 5.03. The van der Waals surface area contributed by atoms with Crippen LogP contribution in [-0.4, -0.2) is 43.5 Å². The first-order valence-corrected chi connectivity index (χ1v) is 9.65. The number of thioether (sulfide) groups is 1. The number of pyridine rings is 1. The summed E-state index contributed by atoms with van der Waals surface area (Å²) in [7, 11) is 0. The summed E-state index contributed by atoms with van der Waals surface area (Å²) in [4.78, 5) is 27.8. The SMILES string of the molecule is CC[C@@H](C)NC(=O)NC(=O)CSc1nnc(-c2ccncc2)n1C1CC1. The monoisotopic (exact) mass is 374 g/mol. The molecule has 138 valence electrons. The lowest BCUT2D eigenvalue weighted by Crippen LogP contribution is -2.43. The van der Waals surface area contributed by atoms with Crippen LogP contribution in [0.3, 0.4) is 0 Å². The van der Waals surface area contributed by atoms with Gasteiger partial charge in [-0.2, -0.15) is 0 Å². The van der Waals surface area contributed by atoms with E-state index < -0.39 is 6.03 Å². The molecule has 3 rings (SSSR count). The van der Waals surface area contributed by atoms with E-state index in [1.807, 2.05) is 26.0 Å². The number of rotatable bonds is 7. The lowest BCUT2D eigenvalue weighted by molar-refractivity contribution is -0.117. The lowest BCUT2D eigenvalue weighted by atomic mass is 10.2. The topological polar surface area (TPSA) is 102 Å². The number of nitrogens with one attached hydrogen (secondary N) is 2. The minimum absolute atomic E-state index is 0.0244. The van der Waals surface area contributed by atoms with E-state index in [1.165, 1.54) is 11.8 Å². The molecule has 1 fully saturated rings. The van der Waals surface area contributed by atoms with Gasteiger partial charge in [-0.05, 0) is 38.3 Å². The van der Waals surface area contributed by atoms with Crippen molar-refractivity contribution in [3.63, 3.8) is 0 Å². The molecule has 1 saturated carbocycles. The molecule has 2 aromatic rings. The van der Waals surface area contributed by atoms with Crippen molar-refractivity contribution in [3.8, 4) is 11.4 Å². The number of carbonyl (C=O) groups is 2. The van der Waals surface area contributed by atoms with Crippen LogP contribution >= 0.6 is 11.8 Å². The number of aromatic nitrogens is 4. The second-order valence-electron chi connectivity index (χ2n) is 6.26. The number of urea groups is 1. The van der Waals surface area contributed by atoms with Gasteiger partial charge < -0.3 is 5.32 Å². The molecular formula is C17H22N6O2S. The van der Waals surface area contributed by atoms with Crippen LogP contribution in [0.2, 0.25) is 0 Å². The van der Waals surface area contributed by atoms with Crippen molar-refractivity contribution in [3.05, 3.63) is 24.5 Å². The molecule has 0 spiro atoms. The maximum absolute atomic E-state index is 12.0. The highest BCUT2D eigenvalue weighted by atomic mass is 32.2. The maximum Gasteiger partial charge on any atom is 0.321 e. The summed E-state index contributed by atoms with van der Waals surface area (Å²) in [6.07, 6.45) is 6.40. The predicted octanol–water partition coefficient (Wildman–Crippen LogP) is 2.39. The second kappa shape index (κ2) is 8.31. The van der Waals surface area contributed by atoms with E-state index in [1.54, 1.807) is 12.4 Å². The molecule has 1 atom stereocenters. The normalized spacial score (nSPS) is 14.7. The zero-order chi connectivity index (χ0) is 18.5. The summed E-state index contributed by atoms with van der Waals surface area (Å²) >= 11 is 1.29. The second-order valence-corrected chi connectivity index (χ2v) is 7.21. The summed E-state index contributed by atoms with van der Waals surface area (Å²) in [6, 6.07) is 3.71. The number of hydrogen-bond donors (Lipinski definition) is 2. The molecule has 2 N–H and O–H groups in total. The van der Waals surface area contributed by atoms with E-state index >= 15 is 0 Å². The van der Waals surface area contributed by atoms with Crippen molar-refractivity contribution in [1.29, 1.82) is 0 Å². The Labute approximate surface area is 156 Å². The van der Waals surface area contributed by atoms with Crippen molar-refractivity contribution in [2.24, 2.45) is 0 Å². The molecule has 0 aromatic carbocycles. The van der Waals surface area contributed by atoms with Gasteiger partial charge in [0.2, 0.25) is 5.91 Å². The van der Waals surface area contributed by atoms with E-state index in [9.17, 15) is 9.59 Å². The smallest absolute Gasteiger partial charge is 0.321 e.